The molecule has 2 nitrogen and oxygen atoms in total. The molecule has 2 aromatic rings. The number of aromatic nitrogens is 1. The number of rotatable bonds is 0. The molecular formula is C8H3ClN2S. The van der Waals surface area contributed by atoms with E-state index in [0.29, 0.717) is 5.69 Å². The highest BCUT2D eigenvalue weighted by molar-refractivity contribution is 7.17. The van der Waals surface area contributed by atoms with E-state index in [0.717, 1.165) is 10.2 Å². The lowest BCUT2D eigenvalue weighted by molar-refractivity contribution is 1.44. The van der Waals surface area contributed by atoms with Gasteiger partial charge in [-0.2, -0.15) is 0 Å². The van der Waals surface area contributed by atoms with Crippen LogP contribution in [0.15, 0.2) is 17.5 Å². The van der Waals surface area contributed by atoms with E-state index >= 15 is 0 Å². The van der Waals surface area contributed by atoms with Crippen molar-refractivity contribution in [2.45, 2.75) is 0 Å². The van der Waals surface area contributed by atoms with Gasteiger partial charge in [0, 0.05) is 4.70 Å². The maximum absolute atomic E-state index is 6.82. The van der Waals surface area contributed by atoms with Crippen LogP contribution in [-0.2, 0) is 0 Å². The van der Waals surface area contributed by atoms with E-state index < -0.39 is 0 Å². The van der Waals surface area contributed by atoms with E-state index in [1.807, 2.05) is 11.4 Å². The summed E-state index contributed by atoms with van der Waals surface area (Å²) in [5, 5.41) is 2.22. The van der Waals surface area contributed by atoms with Gasteiger partial charge in [-0.3, -0.25) is 0 Å². The smallest absolute Gasteiger partial charge is 0.225 e. The summed E-state index contributed by atoms with van der Waals surface area (Å²) in [4.78, 5) is 7.33. The lowest BCUT2D eigenvalue weighted by Crippen LogP contribution is -1.73. The van der Waals surface area contributed by atoms with Crippen molar-refractivity contribution < 1.29 is 0 Å². The molecule has 0 aromatic carbocycles. The SMILES string of the molecule is [C-]#[N+]c1cc2sccc2nc1Cl. The Morgan fingerprint density at radius 3 is 3.17 bits per heavy atom. The quantitative estimate of drug-likeness (QED) is 0.464. The summed E-state index contributed by atoms with van der Waals surface area (Å²) in [5.74, 6) is 0. The third-order valence-corrected chi connectivity index (χ3v) is 2.62. The topological polar surface area (TPSA) is 17.2 Å². The van der Waals surface area contributed by atoms with Crippen LogP contribution >= 0.6 is 22.9 Å². The molecular weight excluding hydrogens is 192 g/mol. The van der Waals surface area contributed by atoms with Gasteiger partial charge in [0.15, 0.2) is 0 Å². The molecule has 0 aliphatic carbocycles. The first-order valence-electron chi connectivity index (χ1n) is 3.22. The normalized spacial score (nSPS) is 10.0. The standard InChI is InChI=1S/C8H3ClN2S/c1-10-6-4-7-5(2-3-12-7)11-8(6)9/h2-4H. The number of thiophene rings is 1. The zero-order valence-corrected chi connectivity index (χ0v) is 7.49. The lowest BCUT2D eigenvalue weighted by atomic mass is 10.4. The first kappa shape index (κ1) is 7.53. The van der Waals surface area contributed by atoms with Gasteiger partial charge >= 0.3 is 0 Å². The van der Waals surface area contributed by atoms with Crippen LogP contribution in [0, 0.1) is 6.57 Å². The third kappa shape index (κ3) is 1.06. The van der Waals surface area contributed by atoms with Crippen LogP contribution in [0.5, 0.6) is 0 Å². The van der Waals surface area contributed by atoms with Gasteiger partial charge in [-0.15, -0.1) is 11.3 Å². The average molecular weight is 195 g/mol. The molecule has 58 valence electrons. The average Bonchev–Trinajstić information content (AvgIpc) is 2.49. The predicted octanol–water partition coefficient (Wildman–Crippen LogP) is 3.50. The highest BCUT2D eigenvalue weighted by atomic mass is 35.5. The number of hydrogen-bond acceptors (Lipinski definition) is 2. The molecule has 0 saturated carbocycles. The summed E-state index contributed by atoms with van der Waals surface area (Å²) in [5.41, 5.74) is 1.28. The summed E-state index contributed by atoms with van der Waals surface area (Å²) in [6.45, 7) is 6.82. The maximum atomic E-state index is 6.82. The monoisotopic (exact) mass is 194 g/mol. The Morgan fingerprint density at radius 1 is 1.58 bits per heavy atom. The van der Waals surface area contributed by atoms with Gasteiger partial charge in [0.25, 0.3) is 0 Å². The van der Waals surface area contributed by atoms with Gasteiger partial charge in [0.1, 0.15) is 5.15 Å². The Bertz CT molecular complexity index is 469. The first-order chi connectivity index (χ1) is 5.81. The van der Waals surface area contributed by atoms with E-state index in [-0.39, 0.29) is 5.15 Å². The molecule has 0 aliphatic heterocycles. The van der Waals surface area contributed by atoms with Crippen LogP contribution in [0.1, 0.15) is 0 Å². The number of hydrogen-bond donors (Lipinski definition) is 0. The molecule has 2 aromatic heterocycles. The van der Waals surface area contributed by atoms with Crippen LogP contribution in [0.25, 0.3) is 15.1 Å². The van der Waals surface area contributed by atoms with Crippen LogP contribution < -0.4 is 0 Å². The molecule has 0 aliphatic rings. The molecule has 0 amide bonds. The van der Waals surface area contributed by atoms with Crippen molar-refractivity contribution in [1.29, 1.82) is 0 Å². The van der Waals surface area contributed by atoms with Crippen LogP contribution in [0.3, 0.4) is 0 Å². The van der Waals surface area contributed by atoms with Crippen LogP contribution in [-0.4, -0.2) is 4.98 Å². The fourth-order valence-electron chi connectivity index (χ4n) is 0.940. The Labute approximate surface area is 78.2 Å². The van der Waals surface area contributed by atoms with E-state index in [4.69, 9.17) is 18.2 Å². The highest BCUT2D eigenvalue weighted by Gasteiger charge is 2.04. The summed E-state index contributed by atoms with van der Waals surface area (Å²) in [7, 11) is 0. The summed E-state index contributed by atoms with van der Waals surface area (Å²) in [6.07, 6.45) is 0. The second-order valence-corrected chi connectivity index (χ2v) is 3.52. The van der Waals surface area contributed by atoms with Gasteiger partial charge in [-0.1, -0.05) is 11.6 Å². The predicted molar refractivity (Wildman–Crippen MR) is 50.9 cm³/mol. The van der Waals surface area contributed by atoms with Gasteiger partial charge in [-0.05, 0) is 17.5 Å². The van der Waals surface area contributed by atoms with Crippen LogP contribution in [0.2, 0.25) is 5.15 Å². The van der Waals surface area contributed by atoms with E-state index in [1.54, 1.807) is 17.4 Å². The van der Waals surface area contributed by atoms with Crippen molar-refractivity contribution >= 4 is 38.8 Å². The van der Waals surface area contributed by atoms with Crippen molar-refractivity contribution in [3.8, 4) is 0 Å². The summed E-state index contributed by atoms with van der Waals surface area (Å²) in [6, 6.07) is 3.65. The fourth-order valence-corrected chi connectivity index (χ4v) is 1.89. The summed E-state index contributed by atoms with van der Waals surface area (Å²) >= 11 is 7.30. The molecule has 0 spiro atoms. The molecule has 0 fully saturated rings. The second-order valence-electron chi connectivity index (χ2n) is 2.21. The van der Waals surface area contributed by atoms with Crippen molar-refractivity contribution in [1.82, 2.24) is 4.98 Å². The van der Waals surface area contributed by atoms with Gasteiger partial charge in [-0.25, -0.2) is 9.83 Å². The van der Waals surface area contributed by atoms with Gasteiger partial charge in [0.2, 0.25) is 5.69 Å². The van der Waals surface area contributed by atoms with Crippen molar-refractivity contribution in [2.75, 3.05) is 0 Å². The molecule has 0 N–H and O–H groups in total. The zero-order chi connectivity index (χ0) is 8.55. The summed E-state index contributed by atoms with van der Waals surface area (Å²) < 4.78 is 1.01. The molecule has 4 heteroatoms. The van der Waals surface area contributed by atoms with E-state index in [1.165, 1.54) is 0 Å². The fraction of sp³-hybridized carbons (Fsp3) is 0. The number of halogens is 1. The van der Waals surface area contributed by atoms with Crippen LogP contribution in [0.4, 0.5) is 5.69 Å². The van der Waals surface area contributed by atoms with Crippen molar-refractivity contribution in [2.24, 2.45) is 0 Å². The minimum atomic E-state index is 0.288. The minimum Gasteiger partial charge on any atom is -0.247 e. The third-order valence-electron chi connectivity index (χ3n) is 1.49. The molecule has 0 bridgehead atoms. The molecule has 0 saturated heterocycles. The number of nitrogens with zero attached hydrogens (tertiary/aromatic N) is 2. The lowest BCUT2D eigenvalue weighted by Gasteiger charge is -1.93. The number of fused-ring (bicyclic) bond motifs is 1. The highest BCUT2D eigenvalue weighted by Crippen LogP contribution is 2.29. The minimum absolute atomic E-state index is 0.288. The van der Waals surface area contributed by atoms with Gasteiger partial charge < -0.3 is 0 Å². The van der Waals surface area contributed by atoms with Gasteiger partial charge in [0.05, 0.1) is 12.1 Å². The molecule has 0 atom stereocenters. The second kappa shape index (κ2) is 2.74. The Kier molecular flexibility index (Phi) is 1.72. The maximum Gasteiger partial charge on any atom is 0.225 e. The molecule has 12 heavy (non-hydrogen) atoms. The Hall–Kier alpha value is -1.11. The van der Waals surface area contributed by atoms with Crippen molar-refractivity contribution in [3.05, 3.63) is 34.1 Å². The van der Waals surface area contributed by atoms with E-state index in [2.05, 4.69) is 9.83 Å². The number of pyridine rings is 1. The zero-order valence-electron chi connectivity index (χ0n) is 5.91. The molecule has 2 rings (SSSR count). The molecule has 2 heterocycles. The van der Waals surface area contributed by atoms with Crippen molar-refractivity contribution in [3.63, 3.8) is 0 Å². The Morgan fingerprint density at radius 2 is 2.42 bits per heavy atom. The Balaban J connectivity index is 2.84. The molecule has 0 radical (unpaired) electrons. The first-order valence-corrected chi connectivity index (χ1v) is 4.48. The van der Waals surface area contributed by atoms with E-state index in [9.17, 15) is 0 Å². The largest absolute Gasteiger partial charge is 0.247 e. The molecule has 0 unspecified atom stereocenters.